The number of benzene rings is 3. The molecular weight excluding hydrogens is 396 g/mol. The van der Waals surface area contributed by atoms with Gasteiger partial charge in [0.15, 0.2) is 0 Å². The zero-order chi connectivity index (χ0) is 21.0. The molecule has 0 unspecified atom stereocenters. The highest BCUT2D eigenvalue weighted by Crippen LogP contribution is 2.26. The fraction of sp³-hybridized carbons (Fsp3) is 0.292. The number of hydrogen-bond donors (Lipinski definition) is 1. The Hall–Kier alpha value is -2.70. The molecule has 1 N–H and O–H groups in total. The maximum Gasteiger partial charge on any atom is 0.243 e. The number of nitrogens with zero attached hydrogens (tertiary/aromatic N) is 1. The summed E-state index contributed by atoms with van der Waals surface area (Å²) in [5.74, 6) is -0.380. The summed E-state index contributed by atoms with van der Waals surface area (Å²) < 4.78 is 27.8. The van der Waals surface area contributed by atoms with Crippen molar-refractivity contribution >= 4 is 26.7 Å². The van der Waals surface area contributed by atoms with E-state index in [0.717, 1.165) is 17.2 Å². The van der Waals surface area contributed by atoms with E-state index in [2.05, 4.69) is 5.32 Å². The lowest BCUT2D eigenvalue weighted by atomic mass is 9.99. The van der Waals surface area contributed by atoms with E-state index in [4.69, 9.17) is 0 Å². The number of fused-ring (bicyclic) bond motifs is 1. The van der Waals surface area contributed by atoms with Crippen LogP contribution in [0, 0.1) is 5.92 Å². The van der Waals surface area contributed by atoms with Gasteiger partial charge in [0.25, 0.3) is 0 Å². The first kappa shape index (κ1) is 20.6. The van der Waals surface area contributed by atoms with Gasteiger partial charge in [0.1, 0.15) is 0 Å². The quantitative estimate of drug-likeness (QED) is 0.660. The zero-order valence-corrected chi connectivity index (χ0v) is 17.6. The maximum atomic E-state index is 13.2. The molecule has 156 valence electrons. The lowest BCUT2D eigenvalue weighted by Crippen LogP contribution is -2.45. The molecule has 1 aliphatic heterocycles. The van der Waals surface area contributed by atoms with E-state index in [1.807, 2.05) is 60.7 Å². The standard InChI is InChI=1S/C24H26N2O3S/c27-24(25-15-14-19-7-2-1-3-8-19)22-11-6-16-26(18-22)30(28,29)23-13-12-20-9-4-5-10-21(20)17-23/h1-5,7-10,12-13,17,22H,6,11,14-16,18H2,(H,25,27)/t22-/m0/s1. The van der Waals surface area contributed by atoms with Crippen LogP contribution in [-0.4, -0.2) is 38.3 Å². The summed E-state index contributed by atoms with van der Waals surface area (Å²) >= 11 is 0. The number of piperidine rings is 1. The molecular formula is C24H26N2O3S. The third kappa shape index (κ3) is 4.55. The van der Waals surface area contributed by atoms with Crippen LogP contribution < -0.4 is 5.32 Å². The number of rotatable bonds is 6. The highest BCUT2D eigenvalue weighted by molar-refractivity contribution is 7.89. The van der Waals surface area contributed by atoms with Crippen LogP contribution in [0.3, 0.4) is 0 Å². The van der Waals surface area contributed by atoms with E-state index in [1.165, 1.54) is 9.87 Å². The second kappa shape index (κ2) is 8.98. The van der Waals surface area contributed by atoms with E-state index in [9.17, 15) is 13.2 Å². The molecule has 0 radical (unpaired) electrons. The van der Waals surface area contributed by atoms with Gasteiger partial charge in [0, 0.05) is 19.6 Å². The molecule has 1 atom stereocenters. The third-order valence-corrected chi connectivity index (χ3v) is 7.53. The molecule has 0 spiro atoms. The summed E-state index contributed by atoms with van der Waals surface area (Å²) in [5, 5.41) is 4.88. The predicted octanol–water partition coefficient (Wildman–Crippen LogP) is 3.60. The Bertz CT molecular complexity index is 1130. The van der Waals surface area contributed by atoms with Gasteiger partial charge in [-0.1, -0.05) is 60.7 Å². The fourth-order valence-electron chi connectivity index (χ4n) is 3.97. The molecule has 1 amide bonds. The molecule has 1 saturated heterocycles. The summed E-state index contributed by atoms with van der Waals surface area (Å²) in [6.45, 7) is 1.23. The molecule has 3 aromatic carbocycles. The van der Waals surface area contributed by atoms with Gasteiger partial charge in [-0.25, -0.2) is 8.42 Å². The Morgan fingerprint density at radius 1 is 0.967 bits per heavy atom. The van der Waals surface area contributed by atoms with Crippen LogP contribution in [0.4, 0.5) is 0 Å². The zero-order valence-electron chi connectivity index (χ0n) is 16.8. The molecule has 0 aliphatic carbocycles. The Kier molecular flexibility index (Phi) is 6.16. The summed E-state index contributed by atoms with van der Waals surface area (Å²) in [4.78, 5) is 12.9. The smallest absolute Gasteiger partial charge is 0.243 e. The summed E-state index contributed by atoms with van der Waals surface area (Å²) in [7, 11) is -3.63. The second-order valence-corrected chi connectivity index (χ2v) is 9.68. The van der Waals surface area contributed by atoms with Gasteiger partial charge < -0.3 is 5.32 Å². The number of carbonyl (C=O) groups excluding carboxylic acids is 1. The van der Waals surface area contributed by atoms with Crippen molar-refractivity contribution in [1.29, 1.82) is 0 Å². The fourth-order valence-corrected chi connectivity index (χ4v) is 5.53. The third-order valence-electron chi connectivity index (χ3n) is 5.67. The molecule has 1 aliphatic rings. The van der Waals surface area contributed by atoms with Crippen LogP contribution in [0.5, 0.6) is 0 Å². The van der Waals surface area contributed by atoms with E-state index < -0.39 is 10.0 Å². The monoisotopic (exact) mass is 422 g/mol. The van der Waals surface area contributed by atoms with Gasteiger partial charge in [-0.05, 0) is 47.7 Å². The van der Waals surface area contributed by atoms with Crippen molar-refractivity contribution in [2.45, 2.75) is 24.2 Å². The molecule has 3 aromatic rings. The summed E-state index contributed by atoms with van der Waals surface area (Å²) in [6, 6.07) is 22.9. The molecule has 0 aromatic heterocycles. The van der Waals surface area contributed by atoms with E-state index in [0.29, 0.717) is 25.9 Å². The van der Waals surface area contributed by atoms with Crippen molar-refractivity contribution in [3.8, 4) is 0 Å². The van der Waals surface area contributed by atoms with Crippen molar-refractivity contribution < 1.29 is 13.2 Å². The van der Waals surface area contributed by atoms with Crippen LogP contribution in [0.15, 0.2) is 77.7 Å². The van der Waals surface area contributed by atoms with E-state index in [-0.39, 0.29) is 23.3 Å². The van der Waals surface area contributed by atoms with Crippen LogP contribution in [0.25, 0.3) is 10.8 Å². The van der Waals surface area contributed by atoms with Crippen LogP contribution in [-0.2, 0) is 21.2 Å². The molecule has 1 fully saturated rings. The van der Waals surface area contributed by atoms with Gasteiger partial charge in [-0.2, -0.15) is 4.31 Å². The van der Waals surface area contributed by atoms with Gasteiger partial charge in [0.05, 0.1) is 10.8 Å². The van der Waals surface area contributed by atoms with Crippen molar-refractivity contribution in [2.24, 2.45) is 5.92 Å². The highest BCUT2D eigenvalue weighted by atomic mass is 32.2. The summed E-state index contributed by atoms with van der Waals surface area (Å²) in [5.41, 5.74) is 1.17. The molecule has 0 saturated carbocycles. The van der Waals surface area contributed by atoms with Gasteiger partial charge in [-0.3, -0.25) is 4.79 Å². The van der Waals surface area contributed by atoms with E-state index in [1.54, 1.807) is 12.1 Å². The molecule has 1 heterocycles. The Balaban J connectivity index is 1.41. The number of nitrogens with one attached hydrogen (secondary N) is 1. The topological polar surface area (TPSA) is 66.5 Å². The molecule has 30 heavy (non-hydrogen) atoms. The lowest BCUT2D eigenvalue weighted by molar-refractivity contribution is -0.126. The first-order valence-corrected chi connectivity index (χ1v) is 11.8. The second-order valence-electron chi connectivity index (χ2n) is 7.74. The van der Waals surface area contributed by atoms with Gasteiger partial charge in [0.2, 0.25) is 15.9 Å². The van der Waals surface area contributed by atoms with E-state index >= 15 is 0 Å². The normalized spacial score (nSPS) is 17.7. The maximum absolute atomic E-state index is 13.2. The number of amides is 1. The summed E-state index contributed by atoms with van der Waals surface area (Å²) in [6.07, 6.45) is 2.16. The number of sulfonamides is 1. The SMILES string of the molecule is O=C(NCCc1ccccc1)[C@H]1CCCN(S(=O)(=O)c2ccc3ccccc3c2)C1. The highest BCUT2D eigenvalue weighted by Gasteiger charge is 2.33. The Labute approximate surface area is 177 Å². The minimum Gasteiger partial charge on any atom is -0.355 e. The average molecular weight is 423 g/mol. The molecule has 0 bridgehead atoms. The van der Waals surface area contributed by atoms with Crippen LogP contribution in [0.2, 0.25) is 0 Å². The Morgan fingerprint density at radius 3 is 2.50 bits per heavy atom. The largest absolute Gasteiger partial charge is 0.355 e. The number of carbonyl (C=O) groups is 1. The van der Waals surface area contributed by atoms with Gasteiger partial charge >= 0.3 is 0 Å². The first-order chi connectivity index (χ1) is 14.5. The van der Waals surface area contributed by atoms with Crippen LogP contribution >= 0.6 is 0 Å². The average Bonchev–Trinajstić information content (AvgIpc) is 2.79. The lowest BCUT2D eigenvalue weighted by Gasteiger charge is -2.31. The minimum atomic E-state index is -3.63. The van der Waals surface area contributed by atoms with Crippen molar-refractivity contribution in [2.75, 3.05) is 19.6 Å². The minimum absolute atomic E-state index is 0.0654. The molecule has 4 rings (SSSR count). The predicted molar refractivity (Wildman–Crippen MR) is 119 cm³/mol. The first-order valence-electron chi connectivity index (χ1n) is 10.3. The molecule has 6 heteroatoms. The van der Waals surface area contributed by atoms with Crippen LogP contribution in [0.1, 0.15) is 18.4 Å². The van der Waals surface area contributed by atoms with Crippen molar-refractivity contribution in [1.82, 2.24) is 9.62 Å². The molecule has 5 nitrogen and oxygen atoms in total. The van der Waals surface area contributed by atoms with Crippen molar-refractivity contribution in [3.05, 3.63) is 78.4 Å². The Morgan fingerprint density at radius 2 is 1.70 bits per heavy atom. The van der Waals surface area contributed by atoms with Crippen molar-refractivity contribution in [3.63, 3.8) is 0 Å². The number of hydrogen-bond acceptors (Lipinski definition) is 3. The van der Waals surface area contributed by atoms with Gasteiger partial charge in [-0.15, -0.1) is 0 Å².